The van der Waals surface area contributed by atoms with Gasteiger partial charge in [-0.3, -0.25) is 0 Å². The molecule has 1 atom stereocenters. The zero-order valence-electron chi connectivity index (χ0n) is 12.3. The Balaban J connectivity index is 2.09. The Morgan fingerprint density at radius 3 is 3.05 bits per heavy atom. The molecule has 0 radical (unpaired) electrons. The summed E-state index contributed by atoms with van der Waals surface area (Å²) in [6, 6.07) is 5.38. The lowest BCUT2D eigenvalue weighted by molar-refractivity contribution is 0.0216. The molecular formula is C16H22N2O3. The van der Waals surface area contributed by atoms with Crippen molar-refractivity contribution < 1.29 is 14.6 Å². The minimum absolute atomic E-state index is 0.190. The maximum absolute atomic E-state index is 11.6. The number of benzene rings is 1. The highest BCUT2D eigenvalue weighted by atomic mass is 16.5. The van der Waals surface area contributed by atoms with Crippen LogP contribution >= 0.6 is 0 Å². The number of aryl methyl sites for hydroxylation is 1. The van der Waals surface area contributed by atoms with E-state index in [2.05, 4.69) is 17.2 Å². The van der Waals surface area contributed by atoms with Crippen LogP contribution < -0.4 is 15.4 Å². The number of nitrogens with one attached hydrogen (secondary N) is 2. The fourth-order valence-electron chi connectivity index (χ4n) is 2.70. The van der Waals surface area contributed by atoms with Gasteiger partial charge in [0.2, 0.25) is 0 Å². The molecule has 0 saturated heterocycles. The third-order valence-corrected chi connectivity index (χ3v) is 3.80. The molecule has 0 saturated carbocycles. The quantitative estimate of drug-likeness (QED) is 0.723. The third-order valence-electron chi connectivity index (χ3n) is 3.80. The van der Waals surface area contributed by atoms with Crippen molar-refractivity contribution in [3.8, 4) is 5.75 Å². The summed E-state index contributed by atoms with van der Waals surface area (Å²) in [6.45, 7) is 4.13. The Kier molecular flexibility index (Phi) is 4.85. The molecule has 3 N–H and O–H groups in total. The van der Waals surface area contributed by atoms with E-state index in [1.807, 2.05) is 18.2 Å². The fraction of sp³-hybridized carbons (Fsp3) is 0.438. The summed E-state index contributed by atoms with van der Waals surface area (Å²) in [7, 11) is 1.63. The van der Waals surface area contributed by atoms with Crippen molar-refractivity contribution in [1.82, 2.24) is 10.6 Å². The molecule has 1 aromatic rings. The Bertz CT molecular complexity index is 530. The first kappa shape index (κ1) is 15.4. The summed E-state index contributed by atoms with van der Waals surface area (Å²) in [5.74, 6) is 0.787. The molecule has 1 aliphatic rings. The monoisotopic (exact) mass is 290 g/mol. The van der Waals surface area contributed by atoms with E-state index in [1.54, 1.807) is 13.2 Å². The lowest BCUT2D eigenvalue weighted by atomic mass is 9.79. The molecule has 114 valence electrons. The number of aliphatic hydroxyl groups is 1. The molecule has 21 heavy (non-hydrogen) atoms. The van der Waals surface area contributed by atoms with Gasteiger partial charge in [0, 0.05) is 6.54 Å². The van der Waals surface area contributed by atoms with E-state index >= 15 is 0 Å². The first-order valence-corrected chi connectivity index (χ1v) is 7.11. The molecule has 0 aliphatic heterocycles. The predicted octanol–water partition coefficient (Wildman–Crippen LogP) is 1.70. The molecule has 2 amide bonds. The molecule has 1 unspecified atom stereocenters. The Hall–Kier alpha value is -2.01. The van der Waals surface area contributed by atoms with E-state index in [4.69, 9.17) is 4.74 Å². The SMILES string of the molecule is C=CCNC(=O)NCC1(O)CCCc2cc(OC)ccc21. The average molecular weight is 290 g/mol. The number of fused-ring (bicyclic) bond motifs is 1. The maximum atomic E-state index is 11.6. The summed E-state index contributed by atoms with van der Waals surface area (Å²) in [5.41, 5.74) is 0.931. The van der Waals surface area contributed by atoms with E-state index in [-0.39, 0.29) is 12.6 Å². The van der Waals surface area contributed by atoms with Crippen molar-refractivity contribution in [3.05, 3.63) is 42.0 Å². The van der Waals surface area contributed by atoms with Crippen LogP contribution in [0.1, 0.15) is 24.0 Å². The van der Waals surface area contributed by atoms with E-state index < -0.39 is 5.60 Å². The van der Waals surface area contributed by atoms with Gasteiger partial charge in [-0.1, -0.05) is 12.1 Å². The van der Waals surface area contributed by atoms with Crippen LogP contribution in [0.2, 0.25) is 0 Å². The predicted molar refractivity (Wildman–Crippen MR) is 81.4 cm³/mol. The molecule has 2 rings (SSSR count). The first-order valence-electron chi connectivity index (χ1n) is 7.11. The Labute approximate surface area is 125 Å². The van der Waals surface area contributed by atoms with Crippen molar-refractivity contribution in [2.75, 3.05) is 20.2 Å². The smallest absolute Gasteiger partial charge is 0.315 e. The average Bonchev–Trinajstić information content (AvgIpc) is 2.51. The number of ether oxygens (including phenoxy) is 1. The van der Waals surface area contributed by atoms with Gasteiger partial charge in [-0.05, 0) is 42.5 Å². The van der Waals surface area contributed by atoms with Crippen LogP contribution in [0.25, 0.3) is 0 Å². The van der Waals surface area contributed by atoms with Crippen molar-refractivity contribution in [1.29, 1.82) is 0 Å². The van der Waals surface area contributed by atoms with E-state index in [1.165, 1.54) is 0 Å². The van der Waals surface area contributed by atoms with Crippen LogP contribution in [0, 0.1) is 0 Å². The standard InChI is InChI=1S/C16H22N2O3/c1-3-9-17-15(19)18-11-16(20)8-4-5-12-10-13(21-2)6-7-14(12)16/h3,6-7,10,20H,1,4-5,8-9,11H2,2H3,(H2,17,18,19). The van der Waals surface area contributed by atoms with E-state index in [0.29, 0.717) is 13.0 Å². The van der Waals surface area contributed by atoms with Gasteiger partial charge in [0.05, 0.1) is 13.7 Å². The van der Waals surface area contributed by atoms with Gasteiger partial charge >= 0.3 is 6.03 Å². The summed E-state index contributed by atoms with van der Waals surface area (Å²) in [4.78, 5) is 11.6. The molecule has 5 heteroatoms. The number of carbonyl (C=O) groups excluding carboxylic acids is 1. The second-order valence-corrected chi connectivity index (χ2v) is 5.26. The van der Waals surface area contributed by atoms with Crippen LogP contribution in [-0.4, -0.2) is 31.3 Å². The Morgan fingerprint density at radius 2 is 2.33 bits per heavy atom. The second kappa shape index (κ2) is 6.63. The van der Waals surface area contributed by atoms with Crippen LogP contribution in [0.4, 0.5) is 4.79 Å². The molecule has 5 nitrogen and oxygen atoms in total. The maximum Gasteiger partial charge on any atom is 0.315 e. The van der Waals surface area contributed by atoms with Crippen molar-refractivity contribution in [2.24, 2.45) is 0 Å². The minimum Gasteiger partial charge on any atom is -0.497 e. The number of hydrogen-bond donors (Lipinski definition) is 3. The number of amides is 2. The summed E-state index contributed by atoms with van der Waals surface area (Å²) in [5, 5.41) is 16.2. The second-order valence-electron chi connectivity index (χ2n) is 5.26. The van der Waals surface area contributed by atoms with Gasteiger partial charge in [0.1, 0.15) is 11.4 Å². The van der Waals surface area contributed by atoms with Gasteiger partial charge in [-0.25, -0.2) is 4.79 Å². The molecule has 0 spiro atoms. The van der Waals surface area contributed by atoms with Gasteiger partial charge in [0.15, 0.2) is 0 Å². The number of carbonyl (C=O) groups is 1. The van der Waals surface area contributed by atoms with Crippen LogP contribution in [0.5, 0.6) is 5.75 Å². The van der Waals surface area contributed by atoms with Crippen molar-refractivity contribution in [2.45, 2.75) is 24.9 Å². The van der Waals surface area contributed by atoms with E-state index in [9.17, 15) is 9.90 Å². The molecular weight excluding hydrogens is 268 g/mol. The van der Waals surface area contributed by atoms with Crippen LogP contribution in [-0.2, 0) is 12.0 Å². The highest BCUT2D eigenvalue weighted by molar-refractivity contribution is 5.74. The van der Waals surface area contributed by atoms with Gasteiger partial charge in [-0.15, -0.1) is 6.58 Å². The number of hydrogen-bond acceptors (Lipinski definition) is 3. The van der Waals surface area contributed by atoms with Crippen LogP contribution in [0.15, 0.2) is 30.9 Å². The largest absolute Gasteiger partial charge is 0.497 e. The number of urea groups is 1. The summed E-state index contributed by atoms with van der Waals surface area (Å²) < 4.78 is 5.22. The molecule has 0 bridgehead atoms. The molecule has 0 heterocycles. The van der Waals surface area contributed by atoms with Crippen molar-refractivity contribution >= 4 is 6.03 Å². The first-order chi connectivity index (χ1) is 10.1. The minimum atomic E-state index is -1.02. The number of methoxy groups -OCH3 is 1. The topological polar surface area (TPSA) is 70.6 Å². The molecule has 1 aliphatic carbocycles. The molecule has 0 fully saturated rings. The van der Waals surface area contributed by atoms with Crippen LogP contribution in [0.3, 0.4) is 0 Å². The third kappa shape index (κ3) is 3.55. The lowest BCUT2D eigenvalue weighted by Crippen LogP contribution is -2.46. The molecule has 0 aromatic heterocycles. The Morgan fingerprint density at radius 1 is 1.52 bits per heavy atom. The van der Waals surface area contributed by atoms with Gasteiger partial charge in [-0.2, -0.15) is 0 Å². The zero-order chi connectivity index (χ0) is 15.3. The van der Waals surface area contributed by atoms with E-state index in [0.717, 1.165) is 29.7 Å². The summed E-state index contributed by atoms with van der Waals surface area (Å²) >= 11 is 0. The lowest BCUT2D eigenvalue weighted by Gasteiger charge is -2.34. The highest BCUT2D eigenvalue weighted by Crippen LogP contribution is 2.36. The zero-order valence-corrected chi connectivity index (χ0v) is 12.3. The highest BCUT2D eigenvalue weighted by Gasteiger charge is 2.34. The fourth-order valence-corrected chi connectivity index (χ4v) is 2.70. The normalized spacial score (nSPS) is 20.3. The summed E-state index contributed by atoms with van der Waals surface area (Å²) in [6.07, 6.45) is 4.04. The number of rotatable bonds is 5. The van der Waals surface area contributed by atoms with Crippen molar-refractivity contribution in [3.63, 3.8) is 0 Å². The van der Waals surface area contributed by atoms with Gasteiger partial charge < -0.3 is 20.5 Å². The molecule has 1 aromatic carbocycles. The van der Waals surface area contributed by atoms with Gasteiger partial charge in [0.25, 0.3) is 0 Å².